The minimum atomic E-state index is 0.409. The largest absolute Gasteiger partial charge is 0.377 e. The summed E-state index contributed by atoms with van der Waals surface area (Å²) >= 11 is 0. The molecule has 0 bridgehead atoms. The minimum absolute atomic E-state index is 0.409. The van der Waals surface area contributed by atoms with Crippen molar-refractivity contribution >= 4 is 0 Å². The average molecular weight is 183 g/mol. The number of nitrogens with zero attached hydrogens (tertiary/aromatic N) is 1. The molecule has 2 aliphatic rings. The average Bonchev–Trinajstić information content (AvgIpc) is 2.05. The second-order valence-corrected chi connectivity index (χ2v) is 4.80. The summed E-state index contributed by atoms with van der Waals surface area (Å²) in [6.45, 7) is 7.90. The molecule has 2 rings (SSSR count). The predicted molar refractivity (Wildman–Crippen MR) is 53.7 cm³/mol. The van der Waals surface area contributed by atoms with Gasteiger partial charge in [-0.25, -0.2) is 0 Å². The van der Waals surface area contributed by atoms with Gasteiger partial charge in [0.05, 0.1) is 18.8 Å². The van der Waals surface area contributed by atoms with Crippen molar-refractivity contribution in [1.29, 1.82) is 0 Å². The van der Waals surface area contributed by atoms with E-state index in [1.165, 1.54) is 19.4 Å². The highest BCUT2D eigenvalue weighted by atomic mass is 16.5. The van der Waals surface area contributed by atoms with Gasteiger partial charge in [-0.1, -0.05) is 20.3 Å². The van der Waals surface area contributed by atoms with Crippen molar-refractivity contribution in [3.8, 4) is 0 Å². The van der Waals surface area contributed by atoms with Crippen molar-refractivity contribution in [3.05, 3.63) is 0 Å². The van der Waals surface area contributed by atoms with Gasteiger partial charge >= 0.3 is 0 Å². The van der Waals surface area contributed by atoms with E-state index in [4.69, 9.17) is 4.74 Å². The molecule has 2 atom stereocenters. The van der Waals surface area contributed by atoms with Gasteiger partial charge in [0.2, 0.25) is 0 Å². The molecule has 2 fully saturated rings. The third-order valence-corrected chi connectivity index (χ3v) is 4.20. The maximum Gasteiger partial charge on any atom is 0.0707 e. The van der Waals surface area contributed by atoms with Crippen LogP contribution in [-0.2, 0) is 4.74 Å². The summed E-state index contributed by atoms with van der Waals surface area (Å²) in [7, 11) is 2.26. The fraction of sp³-hybridized carbons (Fsp3) is 1.00. The van der Waals surface area contributed by atoms with Crippen molar-refractivity contribution in [3.63, 3.8) is 0 Å². The Labute approximate surface area is 81.3 Å². The SMILES string of the molecule is CCC1C(C)CCN(C)C12COC2. The van der Waals surface area contributed by atoms with Crippen molar-refractivity contribution < 1.29 is 4.74 Å². The Kier molecular flexibility index (Phi) is 2.37. The second-order valence-electron chi connectivity index (χ2n) is 4.80. The van der Waals surface area contributed by atoms with Crippen LogP contribution in [0.4, 0.5) is 0 Å². The highest BCUT2D eigenvalue weighted by Crippen LogP contribution is 2.42. The molecule has 0 aromatic carbocycles. The zero-order valence-electron chi connectivity index (χ0n) is 9.05. The zero-order chi connectivity index (χ0) is 9.47. The van der Waals surface area contributed by atoms with Gasteiger partial charge in [-0.05, 0) is 31.8 Å². The monoisotopic (exact) mass is 183 g/mol. The maximum absolute atomic E-state index is 5.42. The first kappa shape index (κ1) is 9.47. The van der Waals surface area contributed by atoms with Crippen molar-refractivity contribution in [2.24, 2.45) is 11.8 Å². The predicted octanol–water partition coefficient (Wildman–Crippen LogP) is 1.75. The smallest absolute Gasteiger partial charge is 0.0707 e. The van der Waals surface area contributed by atoms with Gasteiger partial charge in [0.25, 0.3) is 0 Å². The number of rotatable bonds is 1. The Morgan fingerprint density at radius 3 is 2.54 bits per heavy atom. The van der Waals surface area contributed by atoms with E-state index in [-0.39, 0.29) is 0 Å². The number of piperidine rings is 1. The molecule has 0 aromatic heterocycles. The van der Waals surface area contributed by atoms with Crippen LogP contribution >= 0.6 is 0 Å². The lowest BCUT2D eigenvalue weighted by Gasteiger charge is -2.57. The molecule has 0 aliphatic carbocycles. The van der Waals surface area contributed by atoms with E-state index in [0.717, 1.165) is 25.0 Å². The van der Waals surface area contributed by atoms with E-state index in [2.05, 4.69) is 25.8 Å². The minimum Gasteiger partial charge on any atom is -0.377 e. The van der Waals surface area contributed by atoms with Crippen molar-refractivity contribution in [2.75, 3.05) is 26.8 Å². The van der Waals surface area contributed by atoms with Crippen LogP contribution in [0.1, 0.15) is 26.7 Å². The molecule has 76 valence electrons. The van der Waals surface area contributed by atoms with Crippen LogP contribution < -0.4 is 0 Å². The van der Waals surface area contributed by atoms with Gasteiger partial charge in [-0.15, -0.1) is 0 Å². The molecule has 2 aliphatic heterocycles. The first-order chi connectivity index (χ1) is 6.20. The number of likely N-dealkylation sites (N-methyl/N-ethyl adjacent to an activating group) is 1. The van der Waals surface area contributed by atoms with E-state index >= 15 is 0 Å². The summed E-state index contributed by atoms with van der Waals surface area (Å²) in [5, 5.41) is 0. The first-order valence-electron chi connectivity index (χ1n) is 5.49. The standard InChI is InChI=1S/C11H21NO/c1-4-10-9(2)5-6-12(3)11(10)7-13-8-11/h9-10H,4-8H2,1-3H3. The van der Waals surface area contributed by atoms with Crippen LogP contribution in [0.5, 0.6) is 0 Å². The Morgan fingerprint density at radius 2 is 2.15 bits per heavy atom. The Hall–Kier alpha value is -0.0800. The van der Waals surface area contributed by atoms with Crippen LogP contribution in [0.2, 0.25) is 0 Å². The molecule has 0 amide bonds. The summed E-state index contributed by atoms with van der Waals surface area (Å²) in [6.07, 6.45) is 2.66. The topological polar surface area (TPSA) is 12.5 Å². The molecule has 13 heavy (non-hydrogen) atoms. The fourth-order valence-electron chi connectivity index (χ4n) is 3.16. The molecule has 0 aromatic rings. The molecule has 2 heteroatoms. The van der Waals surface area contributed by atoms with E-state index in [0.29, 0.717) is 5.54 Å². The normalized spacial score (nSPS) is 39.0. The lowest BCUT2D eigenvalue weighted by atomic mass is 9.68. The summed E-state index contributed by atoms with van der Waals surface area (Å²) in [6, 6.07) is 0. The highest BCUT2D eigenvalue weighted by molar-refractivity contribution is 5.04. The Morgan fingerprint density at radius 1 is 1.46 bits per heavy atom. The van der Waals surface area contributed by atoms with Crippen LogP contribution in [0, 0.1) is 11.8 Å². The van der Waals surface area contributed by atoms with Crippen molar-refractivity contribution in [2.45, 2.75) is 32.2 Å². The third-order valence-electron chi connectivity index (χ3n) is 4.20. The third kappa shape index (κ3) is 1.23. The molecule has 0 N–H and O–H groups in total. The second kappa shape index (κ2) is 3.25. The molecular weight excluding hydrogens is 162 g/mol. The van der Waals surface area contributed by atoms with Gasteiger partial charge in [-0.2, -0.15) is 0 Å². The summed E-state index contributed by atoms with van der Waals surface area (Å²) < 4.78 is 5.42. The molecule has 0 radical (unpaired) electrons. The molecule has 2 unspecified atom stereocenters. The first-order valence-corrected chi connectivity index (χ1v) is 5.49. The Bertz CT molecular complexity index is 189. The summed E-state index contributed by atoms with van der Waals surface area (Å²) in [5.41, 5.74) is 0.409. The highest BCUT2D eigenvalue weighted by Gasteiger charge is 2.51. The lowest BCUT2D eigenvalue weighted by Crippen LogP contribution is -2.68. The van der Waals surface area contributed by atoms with Crippen LogP contribution in [0.15, 0.2) is 0 Å². The van der Waals surface area contributed by atoms with Crippen LogP contribution in [-0.4, -0.2) is 37.2 Å². The van der Waals surface area contributed by atoms with Crippen LogP contribution in [0.3, 0.4) is 0 Å². The quantitative estimate of drug-likeness (QED) is 0.614. The number of hydrogen-bond acceptors (Lipinski definition) is 2. The van der Waals surface area contributed by atoms with Gasteiger partial charge in [0, 0.05) is 0 Å². The van der Waals surface area contributed by atoms with E-state index < -0.39 is 0 Å². The maximum atomic E-state index is 5.42. The van der Waals surface area contributed by atoms with Crippen molar-refractivity contribution in [1.82, 2.24) is 4.90 Å². The molecule has 2 heterocycles. The zero-order valence-corrected chi connectivity index (χ0v) is 9.05. The van der Waals surface area contributed by atoms with Gasteiger partial charge < -0.3 is 4.74 Å². The molecular formula is C11H21NO. The number of likely N-dealkylation sites (tertiary alicyclic amines) is 1. The van der Waals surface area contributed by atoms with E-state index in [9.17, 15) is 0 Å². The van der Waals surface area contributed by atoms with Gasteiger partial charge in [-0.3, -0.25) is 4.90 Å². The molecule has 1 spiro atoms. The van der Waals surface area contributed by atoms with Gasteiger partial charge in [0.1, 0.15) is 0 Å². The molecule has 0 saturated carbocycles. The van der Waals surface area contributed by atoms with E-state index in [1.807, 2.05) is 0 Å². The van der Waals surface area contributed by atoms with E-state index in [1.54, 1.807) is 0 Å². The lowest BCUT2D eigenvalue weighted by molar-refractivity contribution is -0.188. The number of hydrogen-bond donors (Lipinski definition) is 0. The van der Waals surface area contributed by atoms with Gasteiger partial charge in [0.15, 0.2) is 0 Å². The molecule has 2 nitrogen and oxygen atoms in total. The fourth-order valence-corrected chi connectivity index (χ4v) is 3.16. The Balaban J connectivity index is 2.17. The number of ether oxygens (including phenoxy) is 1. The summed E-state index contributed by atoms with van der Waals surface area (Å²) in [5.74, 6) is 1.73. The molecule has 2 saturated heterocycles. The van der Waals surface area contributed by atoms with Crippen LogP contribution in [0.25, 0.3) is 0 Å². The summed E-state index contributed by atoms with van der Waals surface area (Å²) in [4.78, 5) is 2.53.